The lowest BCUT2D eigenvalue weighted by molar-refractivity contribution is -0.141. The molecule has 1 heterocycles. The summed E-state index contributed by atoms with van der Waals surface area (Å²) in [6, 6.07) is -1.02. The molecule has 1 atom stereocenters. The van der Waals surface area contributed by atoms with Crippen molar-refractivity contribution in [3.8, 4) is 0 Å². The number of likely N-dealkylation sites (N-methyl/N-ethyl adjacent to an activating group) is 1. The van der Waals surface area contributed by atoms with E-state index in [4.69, 9.17) is 5.11 Å². The molecule has 0 radical (unpaired) electrons. The summed E-state index contributed by atoms with van der Waals surface area (Å²) in [7, 11) is 1.39. The van der Waals surface area contributed by atoms with Gasteiger partial charge in [-0.05, 0) is 7.05 Å². The fourth-order valence-corrected chi connectivity index (χ4v) is 1.25. The number of hydrogen-bond acceptors (Lipinski definition) is 2. The minimum absolute atomic E-state index is 0. The second-order valence-electron chi connectivity index (χ2n) is 2.83. The first-order valence-corrected chi connectivity index (χ1v) is 3.23. The van der Waals surface area contributed by atoms with Crippen LogP contribution in [0.5, 0.6) is 0 Å². The van der Waals surface area contributed by atoms with Crippen LogP contribution in [0.4, 0.5) is 8.78 Å². The monoisotopic (exact) mass is 201 g/mol. The Hall–Kier alpha value is -0.420. The molecule has 12 heavy (non-hydrogen) atoms. The summed E-state index contributed by atoms with van der Waals surface area (Å²) in [6.45, 7) is -0.454. The predicted molar refractivity (Wildman–Crippen MR) is 40.9 cm³/mol. The highest BCUT2D eigenvalue weighted by Gasteiger charge is 2.46. The number of aliphatic carboxylic acids is 1. The number of carboxylic acids is 1. The van der Waals surface area contributed by atoms with Crippen LogP contribution < -0.4 is 0 Å². The van der Waals surface area contributed by atoms with Gasteiger partial charge in [0.1, 0.15) is 6.04 Å². The van der Waals surface area contributed by atoms with Gasteiger partial charge in [-0.15, -0.1) is 12.4 Å². The first-order chi connectivity index (χ1) is 4.92. The van der Waals surface area contributed by atoms with Gasteiger partial charge in [0.05, 0.1) is 6.54 Å². The molecule has 0 bridgehead atoms. The Kier molecular flexibility index (Phi) is 3.41. The van der Waals surface area contributed by atoms with Crippen LogP contribution in [0.2, 0.25) is 0 Å². The zero-order chi connectivity index (χ0) is 8.65. The zero-order valence-corrected chi connectivity index (χ0v) is 7.27. The van der Waals surface area contributed by atoms with Gasteiger partial charge < -0.3 is 5.11 Å². The van der Waals surface area contributed by atoms with Gasteiger partial charge in [0.2, 0.25) is 0 Å². The summed E-state index contributed by atoms with van der Waals surface area (Å²) in [5.74, 6) is -4.01. The van der Waals surface area contributed by atoms with Gasteiger partial charge in [0, 0.05) is 6.42 Å². The number of likely N-dealkylation sites (tertiary alicyclic amines) is 1. The third kappa shape index (κ3) is 2.28. The SMILES string of the molecule is CN1CC(F)(F)C[C@H]1C(=O)O.Cl. The van der Waals surface area contributed by atoms with Crippen molar-refractivity contribution in [2.45, 2.75) is 18.4 Å². The van der Waals surface area contributed by atoms with Crippen LogP contribution in [-0.2, 0) is 4.79 Å². The Labute approximate surface area is 74.8 Å². The second-order valence-corrected chi connectivity index (χ2v) is 2.83. The quantitative estimate of drug-likeness (QED) is 0.683. The first kappa shape index (κ1) is 11.6. The molecule has 0 unspecified atom stereocenters. The average molecular weight is 202 g/mol. The topological polar surface area (TPSA) is 40.5 Å². The fraction of sp³-hybridized carbons (Fsp3) is 0.833. The first-order valence-electron chi connectivity index (χ1n) is 3.23. The van der Waals surface area contributed by atoms with E-state index in [1.165, 1.54) is 7.05 Å². The predicted octanol–water partition coefficient (Wildman–Crippen LogP) is 0.832. The molecular formula is C6H10ClF2NO2. The number of alkyl halides is 2. The molecule has 0 aromatic carbocycles. The van der Waals surface area contributed by atoms with Gasteiger partial charge in [-0.3, -0.25) is 9.69 Å². The summed E-state index contributed by atoms with van der Waals surface area (Å²) in [5, 5.41) is 8.44. The van der Waals surface area contributed by atoms with Crippen LogP contribution >= 0.6 is 12.4 Å². The van der Waals surface area contributed by atoms with E-state index >= 15 is 0 Å². The van der Waals surface area contributed by atoms with Crippen LogP contribution in [0.25, 0.3) is 0 Å². The molecule has 0 spiro atoms. The van der Waals surface area contributed by atoms with Crippen LogP contribution in [0.15, 0.2) is 0 Å². The van der Waals surface area contributed by atoms with E-state index in [-0.39, 0.29) is 12.4 Å². The molecule has 0 amide bonds. The van der Waals surface area contributed by atoms with Gasteiger partial charge in [-0.25, -0.2) is 8.78 Å². The Balaban J connectivity index is 0.00000121. The highest BCUT2D eigenvalue weighted by Crippen LogP contribution is 2.30. The molecule has 0 aromatic heterocycles. The molecule has 6 heteroatoms. The van der Waals surface area contributed by atoms with Gasteiger partial charge >= 0.3 is 5.97 Å². The fourth-order valence-electron chi connectivity index (χ4n) is 1.25. The van der Waals surface area contributed by atoms with E-state index in [1.54, 1.807) is 0 Å². The highest BCUT2D eigenvalue weighted by atomic mass is 35.5. The van der Waals surface area contributed by atoms with Crippen molar-refractivity contribution >= 4 is 18.4 Å². The van der Waals surface area contributed by atoms with Gasteiger partial charge in [-0.2, -0.15) is 0 Å². The number of carboxylic acid groups (broad SMARTS) is 1. The molecule has 3 nitrogen and oxygen atoms in total. The van der Waals surface area contributed by atoms with Crippen molar-refractivity contribution in [2.75, 3.05) is 13.6 Å². The van der Waals surface area contributed by atoms with Crippen molar-refractivity contribution < 1.29 is 18.7 Å². The van der Waals surface area contributed by atoms with Crippen molar-refractivity contribution in [3.63, 3.8) is 0 Å². The molecule has 1 saturated heterocycles. The molecule has 1 fully saturated rings. The molecular weight excluding hydrogens is 192 g/mol. The van der Waals surface area contributed by atoms with Gasteiger partial charge in [0.15, 0.2) is 0 Å². The number of rotatable bonds is 1. The van der Waals surface area contributed by atoms with Crippen LogP contribution in [0, 0.1) is 0 Å². The molecule has 1 aliphatic heterocycles. The number of nitrogens with zero attached hydrogens (tertiary/aromatic N) is 1. The maximum absolute atomic E-state index is 12.5. The minimum atomic E-state index is -2.84. The number of carbonyl (C=O) groups is 1. The Morgan fingerprint density at radius 1 is 1.67 bits per heavy atom. The van der Waals surface area contributed by atoms with Crippen molar-refractivity contribution in [1.29, 1.82) is 0 Å². The van der Waals surface area contributed by atoms with Gasteiger partial charge in [0.25, 0.3) is 5.92 Å². The number of hydrogen-bond donors (Lipinski definition) is 1. The lowest BCUT2D eigenvalue weighted by Crippen LogP contribution is -2.32. The molecule has 0 aromatic rings. The van der Waals surface area contributed by atoms with Crippen molar-refractivity contribution in [3.05, 3.63) is 0 Å². The van der Waals surface area contributed by atoms with Gasteiger partial charge in [-0.1, -0.05) is 0 Å². The smallest absolute Gasteiger partial charge is 0.321 e. The second kappa shape index (κ2) is 3.53. The third-order valence-corrected chi connectivity index (χ3v) is 1.79. The molecule has 1 rings (SSSR count). The zero-order valence-electron chi connectivity index (χ0n) is 6.46. The minimum Gasteiger partial charge on any atom is -0.480 e. The molecule has 1 aliphatic rings. The van der Waals surface area contributed by atoms with Crippen LogP contribution in [0.1, 0.15) is 6.42 Å². The number of halogens is 3. The van der Waals surface area contributed by atoms with E-state index in [2.05, 4.69) is 0 Å². The molecule has 0 saturated carbocycles. The van der Waals surface area contributed by atoms with E-state index in [0.29, 0.717) is 0 Å². The third-order valence-electron chi connectivity index (χ3n) is 1.79. The van der Waals surface area contributed by atoms with E-state index in [9.17, 15) is 13.6 Å². The molecule has 72 valence electrons. The summed E-state index contributed by atoms with van der Waals surface area (Å²) in [4.78, 5) is 11.5. The van der Waals surface area contributed by atoms with Crippen molar-refractivity contribution in [1.82, 2.24) is 4.90 Å². The maximum atomic E-state index is 12.5. The normalized spacial score (nSPS) is 28.1. The molecule has 1 N–H and O–H groups in total. The van der Waals surface area contributed by atoms with Crippen LogP contribution in [0.3, 0.4) is 0 Å². The lowest BCUT2D eigenvalue weighted by atomic mass is 10.2. The summed E-state index contributed by atoms with van der Waals surface area (Å²) < 4.78 is 25.0. The standard InChI is InChI=1S/C6H9F2NO2.ClH/c1-9-3-6(7,8)2-4(9)5(10)11;/h4H,2-3H2,1H3,(H,10,11);1H/t4-;/m0./s1. The largest absolute Gasteiger partial charge is 0.480 e. The Morgan fingerprint density at radius 3 is 2.33 bits per heavy atom. The summed E-state index contributed by atoms with van der Waals surface area (Å²) in [6.07, 6.45) is -0.571. The van der Waals surface area contributed by atoms with E-state index in [0.717, 1.165) is 4.90 Å². The Bertz CT molecular complexity index is 188. The summed E-state index contributed by atoms with van der Waals surface area (Å²) in [5.41, 5.74) is 0. The van der Waals surface area contributed by atoms with Crippen molar-refractivity contribution in [2.24, 2.45) is 0 Å². The lowest BCUT2D eigenvalue weighted by Gasteiger charge is -2.12. The summed E-state index contributed by atoms with van der Waals surface area (Å²) >= 11 is 0. The maximum Gasteiger partial charge on any atom is 0.321 e. The highest BCUT2D eigenvalue weighted by molar-refractivity contribution is 5.85. The molecule has 0 aliphatic carbocycles. The van der Waals surface area contributed by atoms with E-state index in [1.807, 2.05) is 0 Å². The van der Waals surface area contributed by atoms with Crippen LogP contribution in [-0.4, -0.2) is 41.5 Å². The van der Waals surface area contributed by atoms with E-state index < -0.39 is 30.9 Å². The Morgan fingerprint density at radius 2 is 2.17 bits per heavy atom. The average Bonchev–Trinajstić information content (AvgIpc) is 2.05.